The summed E-state index contributed by atoms with van der Waals surface area (Å²) in [5, 5.41) is 9.59. The number of fused-ring (bicyclic) bond motifs is 1. The van der Waals surface area contributed by atoms with E-state index in [1.165, 1.54) is 49.4 Å². The Morgan fingerprint density at radius 2 is 2.03 bits per heavy atom. The first-order chi connectivity index (χ1) is 14.6. The Morgan fingerprint density at radius 1 is 1.23 bits per heavy atom. The molecule has 6 heteroatoms. The van der Waals surface area contributed by atoms with E-state index in [2.05, 4.69) is 28.2 Å². The zero-order chi connectivity index (χ0) is 20.9. The van der Waals surface area contributed by atoms with Crippen LogP contribution >= 0.6 is 0 Å². The van der Waals surface area contributed by atoms with E-state index in [0.29, 0.717) is 37.1 Å². The smallest absolute Gasteiger partial charge is 0.339 e. The summed E-state index contributed by atoms with van der Waals surface area (Å²) in [7, 11) is 1.95. The number of aromatic nitrogens is 2. The first kappa shape index (κ1) is 20.8. The average Bonchev–Trinajstić information content (AvgIpc) is 2.78. The number of hydrogen-bond acceptors (Lipinski definition) is 5. The van der Waals surface area contributed by atoms with E-state index in [4.69, 9.17) is 4.74 Å². The summed E-state index contributed by atoms with van der Waals surface area (Å²) >= 11 is 0. The molecule has 0 amide bonds. The van der Waals surface area contributed by atoms with Gasteiger partial charge in [0.2, 0.25) is 5.95 Å². The van der Waals surface area contributed by atoms with Crippen molar-refractivity contribution in [2.75, 3.05) is 25.1 Å². The number of carboxylic acid groups (broad SMARTS) is 1. The van der Waals surface area contributed by atoms with Crippen molar-refractivity contribution in [3.63, 3.8) is 0 Å². The third-order valence-electron chi connectivity index (χ3n) is 6.47. The molecular formula is C24H31N3O3. The van der Waals surface area contributed by atoms with E-state index in [1.54, 1.807) is 0 Å². The minimum absolute atomic E-state index is 0.0339. The fourth-order valence-corrected chi connectivity index (χ4v) is 4.73. The Bertz CT molecular complexity index is 880. The van der Waals surface area contributed by atoms with Crippen LogP contribution in [0, 0.1) is 5.92 Å². The molecule has 1 aliphatic carbocycles. The number of ether oxygens (including phenoxy) is 1. The van der Waals surface area contributed by atoms with Crippen LogP contribution in [0.4, 0.5) is 5.95 Å². The van der Waals surface area contributed by atoms with Crippen LogP contribution in [0.15, 0.2) is 30.5 Å². The van der Waals surface area contributed by atoms with Gasteiger partial charge in [0.1, 0.15) is 6.10 Å². The Morgan fingerprint density at radius 3 is 2.83 bits per heavy atom. The highest BCUT2D eigenvalue weighted by atomic mass is 16.5. The maximum atomic E-state index is 11.7. The lowest BCUT2D eigenvalue weighted by Crippen LogP contribution is -2.30. The highest BCUT2D eigenvalue weighted by Gasteiger charge is 2.24. The molecule has 1 aromatic carbocycles. The number of carbonyl (C=O) groups is 1. The average molecular weight is 410 g/mol. The van der Waals surface area contributed by atoms with Gasteiger partial charge in [-0.1, -0.05) is 56.4 Å². The zero-order valence-corrected chi connectivity index (χ0v) is 17.7. The van der Waals surface area contributed by atoms with Crippen LogP contribution in [-0.4, -0.2) is 41.2 Å². The number of likely N-dealkylation sites (N-methyl/N-ethyl adjacent to an activating group) is 1. The summed E-state index contributed by atoms with van der Waals surface area (Å²) in [6, 6.07) is 8.39. The molecule has 1 atom stereocenters. The predicted octanol–water partition coefficient (Wildman–Crippen LogP) is 4.44. The minimum Gasteiger partial charge on any atom is -0.478 e. The topological polar surface area (TPSA) is 75.5 Å². The molecule has 1 aliphatic heterocycles. The highest BCUT2D eigenvalue weighted by Crippen LogP contribution is 2.29. The number of aryl methyl sites for hydroxylation is 1. The molecule has 30 heavy (non-hydrogen) atoms. The fourth-order valence-electron chi connectivity index (χ4n) is 4.73. The molecule has 1 aromatic heterocycles. The van der Waals surface area contributed by atoms with Crippen LogP contribution in [0.25, 0.3) is 0 Å². The maximum absolute atomic E-state index is 11.7. The summed E-state index contributed by atoms with van der Waals surface area (Å²) in [5.41, 5.74) is 3.42. The number of benzene rings is 1. The van der Waals surface area contributed by atoms with E-state index in [1.807, 2.05) is 18.0 Å². The van der Waals surface area contributed by atoms with Gasteiger partial charge in [0.25, 0.3) is 0 Å². The first-order valence-electron chi connectivity index (χ1n) is 11.1. The van der Waals surface area contributed by atoms with Gasteiger partial charge in [-0.25, -0.2) is 14.8 Å². The van der Waals surface area contributed by atoms with E-state index < -0.39 is 5.97 Å². The Kier molecular flexibility index (Phi) is 6.62. The predicted molar refractivity (Wildman–Crippen MR) is 116 cm³/mol. The summed E-state index contributed by atoms with van der Waals surface area (Å²) in [6.07, 6.45) is 10.5. The molecule has 0 spiro atoms. The largest absolute Gasteiger partial charge is 0.478 e. The number of carboxylic acids is 1. The molecule has 4 rings (SSSR count). The second kappa shape index (κ2) is 9.56. The molecule has 0 saturated heterocycles. The van der Waals surface area contributed by atoms with Gasteiger partial charge in [0.15, 0.2) is 0 Å². The standard InChI is InChI=1S/C24H31N3O3/c1-27(16-22-19-10-6-5-9-18(19)13-14-30-22)24-25-15-20(23(28)29)21(26-24)12-11-17-7-3-2-4-8-17/h5-6,9-10,15,17,22H,2-4,7-8,11-14,16H2,1H3,(H,28,29)/t22-/m1/s1. The molecule has 160 valence electrons. The first-order valence-corrected chi connectivity index (χ1v) is 11.1. The molecule has 0 bridgehead atoms. The molecule has 1 saturated carbocycles. The number of anilines is 1. The lowest BCUT2D eigenvalue weighted by atomic mass is 9.85. The zero-order valence-electron chi connectivity index (χ0n) is 17.7. The third-order valence-corrected chi connectivity index (χ3v) is 6.47. The number of nitrogens with zero attached hydrogens (tertiary/aromatic N) is 3. The van der Waals surface area contributed by atoms with Crippen molar-refractivity contribution in [3.8, 4) is 0 Å². The molecule has 0 unspecified atom stereocenters. The molecule has 0 radical (unpaired) electrons. The lowest BCUT2D eigenvalue weighted by molar-refractivity contribution is 0.0476. The summed E-state index contributed by atoms with van der Waals surface area (Å²) in [6.45, 7) is 1.34. The molecule has 2 heterocycles. The van der Waals surface area contributed by atoms with Crippen LogP contribution < -0.4 is 4.90 Å². The van der Waals surface area contributed by atoms with Crippen molar-refractivity contribution in [1.82, 2.24) is 9.97 Å². The lowest BCUT2D eigenvalue weighted by Gasteiger charge is -2.30. The Balaban J connectivity index is 1.48. The van der Waals surface area contributed by atoms with Gasteiger partial charge in [0.05, 0.1) is 24.4 Å². The number of rotatable bonds is 7. The highest BCUT2D eigenvalue weighted by molar-refractivity contribution is 5.88. The summed E-state index contributed by atoms with van der Waals surface area (Å²) in [5.74, 6) is 0.293. The van der Waals surface area contributed by atoms with Gasteiger partial charge in [-0.3, -0.25) is 0 Å². The molecule has 2 aromatic rings. The molecule has 1 fully saturated rings. The van der Waals surface area contributed by atoms with Gasteiger partial charge in [-0.2, -0.15) is 0 Å². The Hall–Kier alpha value is -2.47. The van der Waals surface area contributed by atoms with Crippen LogP contribution in [0.3, 0.4) is 0 Å². The number of aromatic carboxylic acids is 1. The normalized spacial score (nSPS) is 19.3. The summed E-state index contributed by atoms with van der Waals surface area (Å²) < 4.78 is 6.02. The van der Waals surface area contributed by atoms with Gasteiger partial charge >= 0.3 is 5.97 Å². The van der Waals surface area contributed by atoms with Crippen LogP contribution in [0.2, 0.25) is 0 Å². The van der Waals surface area contributed by atoms with Crippen molar-refractivity contribution in [1.29, 1.82) is 0 Å². The summed E-state index contributed by atoms with van der Waals surface area (Å²) in [4.78, 5) is 22.7. The van der Waals surface area contributed by atoms with Crippen LogP contribution in [0.1, 0.15) is 71.8 Å². The molecular weight excluding hydrogens is 378 g/mol. The van der Waals surface area contributed by atoms with Crippen LogP contribution in [-0.2, 0) is 17.6 Å². The molecule has 6 nitrogen and oxygen atoms in total. The van der Waals surface area contributed by atoms with Gasteiger partial charge < -0.3 is 14.7 Å². The third kappa shape index (κ3) is 4.81. The monoisotopic (exact) mass is 409 g/mol. The van der Waals surface area contributed by atoms with E-state index in [9.17, 15) is 9.90 Å². The second-order valence-electron chi connectivity index (χ2n) is 8.57. The molecule has 1 N–H and O–H groups in total. The van der Waals surface area contributed by atoms with Crippen LogP contribution in [0.5, 0.6) is 0 Å². The Labute approximate surface area is 178 Å². The van der Waals surface area contributed by atoms with E-state index in [-0.39, 0.29) is 11.7 Å². The SMILES string of the molecule is CN(C[C@H]1OCCc2ccccc21)c1ncc(C(=O)O)c(CCC2CCCCC2)n1. The van der Waals surface area contributed by atoms with E-state index >= 15 is 0 Å². The van der Waals surface area contributed by atoms with Crippen molar-refractivity contribution >= 4 is 11.9 Å². The van der Waals surface area contributed by atoms with Gasteiger partial charge in [-0.15, -0.1) is 0 Å². The fraction of sp³-hybridized carbons (Fsp3) is 0.542. The number of hydrogen-bond donors (Lipinski definition) is 1. The van der Waals surface area contributed by atoms with Crippen molar-refractivity contribution in [2.45, 2.75) is 57.5 Å². The maximum Gasteiger partial charge on any atom is 0.339 e. The van der Waals surface area contributed by atoms with Crippen molar-refractivity contribution < 1.29 is 14.6 Å². The minimum atomic E-state index is -0.951. The van der Waals surface area contributed by atoms with Gasteiger partial charge in [0, 0.05) is 13.2 Å². The van der Waals surface area contributed by atoms with Crippen molar-refractivity contribution in [2.24, 2.45) is 5.92 Å². The second-order valence-corrected chi connectivity index (χ2v) is 8.57. The quantitative estimate of drug-likeness (QED) is 0.729. The van der Waals surface area contributed by atoms with Crippen molar-refractivity contribution in [3.05, 3.63) is 52.8 Å². The van der Waals surface area contributed by atoms with Gasteiger partial charge in [-0.05, 0) is 36.3 Å². The van der Waals surface area contributed by atoms with E-state index in [0.717, 1.165) is 12.8 Å². The molecule has 2 aliphatic rings.